The molecule has 0 unspecified atom stereocenters. The molecule has 1 rings (SSSR count). The van der Waals surface area contributed by atoms with Crippen LogP contribution in [-0.2, 0) is 14.9 Å². The molecular formula is C12H12NaO5S-. The predicted molar refractivity (Wildman–Crippen MR) is 64.3 cm³/mol. The van der Waals surface area contributed by atoms with Crippen LogP contribution in [0.1, 0.15) is 12.0 Å². The van der Waals surface area contributed by atoms with Crippen molar-refractivity contribution in [2.75, 3.05) is 0 Å². The molecule has 0 heterocycles. The molecule has 0 aliphatic heterocycles. The van der Waals surface area contributed by atoms with E-state index in [1.165, 1.54) is 30.4 Å². The van der Waals surface area contributed by atoms with Gasteiger partial charge in [-0.1, -0.05) is 36.9 Å². The van der Waals surface area contributed by atoms with E-state index in [2.05, 4.69) is 13.2 Å². The fourth-order valence-corrected chi connectivity index (χ4v) is 1.68. The first-order valence-electron chi connectivity index (χ1n) is 4.81. The molecule has 7 heteroatoms. The molecule has 0 atom stereocenters. The Morgan fingerprint density at radius 1 is 1.26 bits per heavy atom. The van der Waals surface area contributed by atoms with Crippen LogP contribution >= 0.6 is 0 Å². The zero-order valence-electron chi connectivity index (χ0n) is 10.5. The van der Waals surface area contributed by atoms with Crippen LogP contribution in [0.15, 0.2) is 48.4 Å². The zero-order chi connectivity index (χ0) is 14.2. The van der Waals surface area contributed by atoms with Crippen molar-refractivity contribution in [1.82, 2.24) is 0 Å². The predicted octanol–water partition coefficient (Wildman–Crippen LogP) is -2.45. The van der Waals surface area contributed by atoms with E-state index in [9.17, 15) is 22.9 Å². The molecule has 98 valence electrons. The van der Waals surface area contributed by atoms with Gasteiger partial charge in [0.1, 0.15) is 10.1 Å². The molecule has 0 aliphatic rings. The molecule has 0 saturated heterocycles. The quantitative estimate of drug-likeness (QED) is 0.348. The largest absolute Gasteiger partial charge is 1.00 e. The van der Waals surface area contributed by atoms with Crippen molar-refractivity contribution < 1.29 is 52.4 Å². The van der Waals surface area contributed by atoms with Crippen molar-refractivity contribution >= 4 is 22.2 Å². The van der Waals surface area contributed by atoms with Crippen molar-refractivity contribution in [1.29, 1.82) is 0 Å². The normalized spacial score (nSPS) is 9.32. The van der Waals surface area contributed by atoms with Gasteiger partial charge < -0.3 is 14.5 Å². The van der Waals surface area contributed by atoms with E-state index in [0.717, 1.165) is 0 Å². The van der Waals surface area contributed by atoms with Gasteiger partial charge in [0.15, 0.2) is 0 Å². The number of carboxylic acid groups (broad SMARTS) is 1. The van der Waals surface area contributed by atoms with E-state index in [1.807, 2.05) is 0 Å². The van der Waals surface area contributed by atoms with Crippen molar-refractivity contribution in [3.63, 3.8) is 0 Å². The van der Waals surface area contributed by atoms with Crippen LogP contribution < -0.4 is 34.7 Å². The Kier molecular flexibility index (Phi) is 10.7. The Labute approximate surface area is 134 Å². The summed E-state index contributed by atoms with van der Waals surface area (Å²) in [5.74, 6) is -1.08. The average Bonchev–Trinajstić information content (AvgIpc) is 2.28. The summed E-state index contributed by atoms with van der Waals surface area (Å²) in [6.45, 7) is 6.58. The monoisotopic (exact) mass is 291 g/mol. The van der Waals surface area contributed by atoms with Crippen LogP contribution in [0.25, 0.3) is 6.08 Å². The third-order valence-corrected chi connectivity index (χ3v) is 2.63. The molecule has 0 saturated carbocycles. The second kappa shape index (κ2) is 9.94. The number of carbonyl (C=O) groups excluding carboxylic acids is 1. The van der Waals surface area contributed by atoms with Crippen molar-refractivity contribution in [2.45, 2.75) is 11.3 Å². The minimum atomic E-state index is -4.37. The molecule has 5 nitrogen and oxygen atoms in total. The zero-order valence-corrected chi connectivity index (χ0v) is 13.4. The van der Waals surface area contributed by atoms with Crippen LogP contribution in [0.5, 0.6) is 0 Å². The van der Waals surface area contributed by atoms with Gasteiger partial charge in [-0.25, -0.2) is 8.42 Å². The summed E-state index contributed by atoms with van der Waals surface area (Å²) in [5.41, 5.74) is 0.340. The summed E-state index contributed by atoms with van der Waals surface area (Å²) in [6, 6.07) is 5.93. The van der Waals surface area contributed by atoms with Crippen molar-refractivity contribution in [3.05, 3.63) is 49.1 Å². The minimum Gasteiger partial charge on any atom is -0.744 e. The second-order valence-electron chi connectivity index (χ2n) is 3.06. The number of benzene rings is 1. The molecule has 0 bridgehead atoms. The molecule has 0 amide bonds. The Morgan fingerprint density at radius 3 is 2.05 bits per heavy atom. The van der Waals surface area contributed by atoms with Crippen LogP contribution in [0.4, 0.5) is 0 Å². The van der Waals surface area contributed by atoms with Gasteiger partial charge >= 0.3 is 29.6 Å². The van der Waals surface area contributed by atoms with Gasteiger partial charge in [0.2, 0.25) is 0 Å². The van der Waals surface area contributed by atoms with Crippen molar-refractivity contribution in [2.24, 2.45) is 0 Å². The summed E-state index contributed by atoms with van der Waals surface area (Å²) in [5, 5.41) is 9.42. The Hall–Kier alpha value is -0.920. The summed E-state index contributed by atoms with van der Waals surface area (Å²) in [6.07, 6.45) is 2.57. The van der Waals surface area contributed by atoms with Crippen LogP contribution in [0, 0.1) is 0 Å². The fraction of sp³-hybridized carbons (Fsp3) is 0.0833. The van der Waals surface area contributed by atoms with Gasteiger partial charge in [-0.2, -0.15) is 0 Å². The van der Waals surface area contributed by atoms with Gasteiger partial charge in [0, 0.05) is 12.4 Å². The van der Waals surface area contributed by atoms with Crippen LogP contribution in [0.2, 0.25) is 0 Å². The average molecular weight is 291 g/mol. The molecule has 0 aliphatic carbocycles. The van der Waals surface area contributed by atoms with E-state index in [-0.39, 0.29) is 40.9 Å². The van der Waals surface area contributed by atoms with E-state index in [0.29, 0.717) is 5.56 Å². The van der Waals surface area contributed by atoms with Gasteiger partial charge in [-0.3, -0.25) is 0 Å². The number of hydrogen-bond acceptors (Lipinski definition) is 5. The van der Waals surface area contributed by atoms with Gasteiger partial charge in [0.25, 0.3) is 0 Å². The number of carboxylic acids is 1. The number of rotatable bonds is 4. The van der Waals surface area contributed by atoms with Crippen LogP contribution in [0.3, 0.4) is 0 Å². The van der Waals surface area contributed by atoms with Gasteiger partial charge in [-0.15, -0.1) is 6.58 Å². The molecule has 0 fully saturated rings. The van der Waals surface area contributed by atoms with E-state index in [1.54, 1.807) is 6.07 Å². The minimum absolute atomic E-state index is 0. The molecule has 1 aromatic rings. The Bertz CT molecular complexity index is 537. The van der Waals surface area contributed by atoms with Crippen molar-refractivity contribution in [3.8, 4) is 0 Å². The number of carbonyl (C=O) groups is 1. The first-order chi connectivity index (χ1) is 8.32. The van der Waals surface area contributed by atoms with Crippen LogP contribution in [-0.4, -0.2) is 18.9 Å². The Morgan fingerprint density at radius 2 is 1.79 bits per heavy atom. The van der Waals surface area contributed by atoms with E-state index >= 15 is 0 Å². The first kappa shape index (κ1) is 20.4. The van der Waals surface area contributed by atoms with Gasteiger partial charge in [0.05, 0.1) is 4.90 Å². The molecule has 19 heavy (non-hydrogen) atoms. The summed E-state index contributed by atoms with van der Waals surface area (Å²) in [7, 11) is -4.37. The Balaban J connectivity index is 0. The molecule has 0 N–H and O–H groups in total. The molecule has 0 aromatic heterocycles. The number of aliphatic carboxylic acids is 1. The maximum Gasteiger partial charge on any atom is 1.00 e. The third-order valence-electron chi connectivity index (χ3n) is 1.72. The maximum atomic E-state index is 10.6. The third kappa shape index (κ3) is 8.74. The summed E-state index contributed by atoms with van der Waals surface area (Å²) < 4.78 is 31.8. The standard InChI is InChI=1S/C8H8O3S.C4H6O2.Na/c1-2-7-5-3-4-6-8(7)12(9,10)11;1-2-3-4(5)6;/h2-6H,1H2,(H,9,10,11);2H,1,3H2,(H,5,6);/q;;+1/p-2. The summed E-state index contributed by atoms with van der Waals surface area (Å²) in [4.78, 5) is 9.19. The fourth-order valence-electron chi connectivity index (χ4n) is 0.995. The van der Waals surface area contributed by atoms with E-state index in [4.69, 9.17) is 0 Å². The number of hydrogen-bond donors (Lipinski definition) is 0. The van der Waals surface area contributed by atoms with Gasteiger partial charge in [-0.05, 0) is 11.6 Å². The molecule has 0 radical (unpaired) electrons. The first-order valence-corrected chi connectivity index (χ1v) is 6.21. The molecule has 0 spiro atoms. The summed E-state index contributed by atoms with van der Waals surface area (Å²) >= 11 is 0. The smallest absolute Gasteiger partial charge is 0.744 e. The maximum absolute atomic E-state index is 10.6. The molecular weight excluding hydrogens is 279 g/mol. The second-order valence-corrected chi connectivity index (χ2v) is 4.41. The topological polar surface area (TPSA) is 97.3 Å². The SMILES string of the molecule is C=CCC(=O)[O-].C=Cc1ccccc1S(=O)(=O)[O-].[Na+]. The van der Waals surface area contributed by atoms with E-state index < -0.39 is 16.1 Å². The molecule has 1 aromatic carbocycles.